The molecule has 0 spiro atoms. The number of rotatable bonds is 6. The Morgan fingerprint density at radius 3 is 2.63 bits per heavy atom. The van der Waals surface area contributed by atoms with Gasteiger partial charge in [0.15, 0.2) is 0 Å². The molecule has 0 saturated carbocycles. The van der Waals surface area contributed by atoms with E-state index in [-0.39, 0.29) is 6.04 Å². The van der Waals surface area contributed by atoms with Gasteiger partial charge in [-0.05, 0) is 61.8 Å². The number of halogens is 1. The Hall–Kier alpha value is -2.41. The quantitative estimate of drug-likeness (QED) is 0.403. The first kappa shape index (κ1) is 18.0. The molecule has 3 aromatic heterocycles. The van der Waals surface area contributed by atoms with E-state index in [1.165, 1.54) is 0 Å². The standard InChI is InChI=1S/C20H18ClN3O2S/c1-13(19-22-23-20(26-19)18-4-3-11-27-18)24(2)12-16-9-10-17(25-16)14-5-7-15(21)8-6-14/h3-11,13H,12H2,1-2H3/t13-/m0/s1. The number of aromatic nitrogens is 2. The molecule has 138 valence electrons. The predicted molar refractivity (Wildman–Crippen MR) is 107 cm³/mol. The predicted octanol–water partition coefficient (Wildman–Crippen LogP) is 5.90. The third-order valence-electron chi connectivity index (χ3n) is 4.39. The van der Waals surface area contributed by atoms with Crippen LogP contribution in [0, 0.1) is 0 Å². The van der Waals surface area contributed by atoms with Crippen LogP contribution in [0.3, 0.4) is 0 Å². The van der Waals surface area contributed by atoms with Crippen molar-refractivity contribution >= 4 is 22.9 Å². The normalized spacial score (nSPS) is 12.6. The summed E-state index contributed by atoms with van der Waals surface area (Å²) in [6, 6.07) is 15.5. The Balaban J connectivity index is 1.44. The fraction of sp³-hybridized carbons (Fsp3) is 0.200. The molecule has 5 nitrogen and oxygen atoms in total. The Bertz CT molecular complexity index is 1010. The van der Waals surface area contributed by atoms with Crippen LogP contribution in [0.15, 0.2) is 62.7 Å². The number of nitrogens with zero attached hydrogens (tertiary/aromatic N) is 3. The minimum atomic E-state index is -0.0321. The van der Waals surface area contributed by atoms with Crippen molar-refractivity contribution in [3.8, 4) is 22.1 Å². The van der Waals surface area contributed by atoms with E-state index in [9.17, 15) is 0 Å². The summed E-state index contributed by atoms with van der Waals surface area (Å²) < 4.78 is 11.8. The van der Waals surface area contributed by atoms with E-state index in [2.05, 4.69) is 15.1 Å². The van der Waals surface area contributed by atoms with Crippen LogP contribution in [0.1, 0.15) is 24.6 Å². The van der Waals surface area contributed by atoms with Crippen LogP contribution in [-0.2, 0) is 6.54 Å². The lowest BCUT2D eigenvalue weighted by Crippen LogP contribution is -2.21. The molecule has 0 aliphatic rings. The van der Waals surface area contributed by atoms with E-state index in [1.807, 2.05) is 67.9 Å². The van der Waals surface area contributed by atoms with Gasteiger partial charge in [-0.3, -0.25) is 4.90 Å². The lowest BCUT2D eigenvalue weighted by Gasteiger charge is -2.20. The molecule has 3 heterocycles. The fourth-order valence-corrected chi connectivity index (χ4v) is 3.48. The van der Waals surface area contributed by atoms with Gasteiger partial charge >= 0.3 is 0 Å². The van der Waals surface area contributed by atoms with Crippen molar-refractivity contribution in [2.75, 3.05) is 7.05 Å². The summed E-state index contributed by atoms with van der Waals surface area (Å²) in [5.74, 6) is 2.83. The molecule has 0 aliphatic carbocycles. The molecule has 0 bridgehead atoms. The van der Waals surface area contributed by atoms with Gasteiger partial charge in [-0.25, -0.2) is 0 Å². The van der Waals surface area contributed by atoms with Crippen molar-refractivity contribution in [2.45, 2.75) is 19.5 Å². The maximum Gasteiger partial charge on any atom is 0.257 e. The average Bonchev–Trinajstić information content (AvgIpc) is 3.42. The molecular formula is C20H18ClN3O2S. The summed E-state index contributed by atoms with van der Waals surface area (Å²) in [7, 11) is 2.00. The molecule has 27 heavy (non-hydrogen) atoms. The fourth-order valence-electron chi connectivity index (χ4n) is 2.71. The number of hydrogen-bond acceptors (Lipinski definition) is 6. The highest BCUT2D eigenvalue weighted by atomic mass is 35.5. The summed E-state index contributed by atoms with van der Waals surface area (Å²) in [6.07, 6.45) is 0. The van der Waals surface area contributed by atoms with Crippen LogP contribution in [0.2, 0.25) is 5.02 Å². The van der Waals surface area contributed by atoms with Crippen LogP contribution in [0.25, 0.3) is 22.1 Å². The zero-order valence-corrected chi connectivity index (χ0v) is 16.5. The van der Waals surface area contributed by atoms with Crippen molar-refractivity contribution in [1.82, 2.24) is 15.1 Å². The lowest BCUT2D eigenvalue weighted by atomic mass is 10.2. The second kappa shape index (κ2) is 7.68. The number of furan rings is 1. The molecule has 0 fully saturated rings. The molecule has 7 heteroatoms. The molecule has 0 N–H and O–H groups in total. The summed E-state index contributed by atoms with van der Waals surface area (Å²) >= 11 is 7.52. The highest BCUT2D eigenvalue weighted by Crippen LogP contribution is 2.28. The third-order valence-corrected chi connectivity index (χ3v) is 5.50. The second-order valence-corrected chi connectivity index (χ2v) is 7.67. The zero-order chi connectivity index (χ0) is 18.8. The maximum absolute atomic E-state index is 5.98. The number of hydrogen-bond donors (Lipinski definition) is 0. The van der Waals surface area contributed by atoms with Crippen LogP contribution in [-0.4, -0.2) is 22.1 Å². The minimum Gasteiger partial charge on any atom is -0.460 e. The number of thiophene rings is 1. The van der Waals surface area contributed by atoms with Crippen LogP contribution in [0.4, 0.5) is 0 Å². The van der Waals surface area contributed by atoms with E-state index in [0.717, 1.165) is 22.0 Å². The van der Waals surface area contributed by atoms with Crippen molar-refractivity contribution in [1.29, 1.82) is 0 Å². The molecule has 0 saturated heterocycles. The van der Waals surface area contributed by atoms with Crippen molar-refractivity contribution in [3.05, 3.63) is 70.6 Å². The average molecular weight is 400 g/mol. The van der Waals surface area contributed by atoms with Gasteiger partial charge < -0.3 is 8.83 Å². The maximum atomic E-state index is 5.98. The van der Waals surface area contributed by atoms with Crippen LogP contribution >= 0.6 is 22.9 Å². The molecule has 1 aromatic carbocycles. The second-order valence-electron chi connectivity index (χ2n) is 6.29. The summed E-state index contributed by atoms with van der Waals surface area (Å²) in [5.41, 5.74) is 0.999. The first-order valence-corrected chi connectivity index (χ1v) is 9.78. The lowest BCUT2D eigenvalue weighted by molar-refractivity contribution is 0.203. The van der Waals surface area contributed by atoms with Gasteiger partial charge in [-0.15, -0.1) is 21.5 Å². The largest absolute Gasteiger partial charge is 0.460 e. The van der Waals surface area contributed by atoms with Crippen molar-refractivity contribution in [3.63, 3.8) is 0 Å². The molecule has 1 atom stereocenters. The van der Waals surface area contributed by atoms with Gasteiger partial charge in [0.05, 0.1) is 17.5 Å². The van der Waals surface area contributed by atoms with E-state index in [0.29, 0.717) is 23.3 Å². The van der Waals surface area contributed by atoms with Gasteiger partial charge in [0.2, 0.25) is 5.89 Å². The molecule has 0 aliphatic heterocycles. The van der Waals surface area contributed by atoms with Gasteiger partial charge in [0, 0.05) is 10.6 Å². The minimum absolute atomic E-state index is 0.0321. The summed E-state index contributed by atoms with van der Waals surface area (Å²) in [5, 5.41) is 11.1. The Morgan fingerprint density at radius 2 is 1.89 bits per heavy atom. The van der Waals surface area contributed by atoms with Crippen molar-refractivity contribution in [2.24, 2.45) is 0 Å². The molecular weight excluding hydrogens is 382 g/mol. The molecule has 4 rings (SSSR count). The number of benzene rings is 1. The van der Waals surface area contributed by atoms with E-state index >= 15 is 0 Å². The van der Waals surface area contributed by atoms with Gasteiger partial charge in [0.25, 0.3) is 5.89 Å². The summed E-state index contributed by atoms with van der Waals surface area (Å²) in [6.45, 7) is 2.67. The Kier molecular flexibility index (Phi) is 5.11. The molecule has 0 amide bonds. The highest BCUT2D eigenvalue weighted by molar-refractivity contribution is 7.13. The van der Waals surface area contributed by atoms with Gasteiger partial charge in [-0.2, -0.15) is 0 Å². The smallest absolute Gasteiger partial charge is 0.257 e. The SMILES string of the molecule is C[C@@H](c1nnc(-c2cccs2)o1)N(C)Cc1ccc(-c2ccc(Cl)cc2)o1. The zero-order valence-electron chi connectivity index (χ0n) is 14.9. The van der Waals surface area contributed by atoms with E-state index in [4.69, 9.17) is 20.4 Å². The molecule has 4 aromatic rings. The first-order valence-electron chi connectivity index (χ1n) is 8.52. The first-order chi connectivity index (χ1) is 13.1. The van der Waals surface area contributed by atoms with Gasteiger partial charge in [0.1, 0.15) is 11.5 Å². The third kappa shape index (κ3) is 3.98. The topological polar surface area (TPSA) is 55.3 Å². The van der Waals surface area contributed by atoms with Crippen LogP contribution < -0.4 is 0 Å². The molecule has 0 unspecified atom stereocenters. The molecule has 0 radical (unpaired) electrons. The Labute approximate surface area is 166 Å². The van der Waals surface area contributed by atoms with Crippen molar-refractivity contribution < 1.29 is 8.83 Å². The van der Waals surface area contributed by atoms with E-state index < -0.39 is 0 Å². The van der Waals surface area contributed by atoms with Gasteiger partial charge in [-0.1, -0.05) is 17.7 Å². The van der Waals surface area contributed by atoms with Crippen LogP contribution in [0.5, 0.6) is 0 Å². The summed E-state index contributed by atoms with van der Waals surface area (Å²) in [4.78, 5) is 3.08. The van der Waals surface area contributed by atoms with E-state index in [1.54, 1.807) is 11.3 Å². The highest BCUT2D eigenvalue weighted by Gasteiger charge is 2.20. The Morgan fingerprint density at radius 1 is 1.07 bits per heavy atom. The monoisotopic (exact) mass is 399 g/mol.